The number of aromatic amines is 1. The minimum atomic E-state index is -3.35. The van der Waals surface area contributed by atoms with E-state index in [0.717, 1.165) is 19.1 Å². The van der Waals surface area contributed by atoms with Crippen LogP contribution in [0.25, 0.3) is 0 Å². The Labute approximate surface area is 140 Å². The predicted molar refractivity (Wildman–Crippen MR) is 86.3 cm³/mol. The Balaban J connectivity index is 1.84. The number of rotatable bonds is 3. The Hall–Kier alpha value is -2.29. The molecule has 3 heterocycles. The van der Waals surface area contributed by atoms with Crippen LogP contribution in [0.1, 0.15) is 40.5 Å². The van der Waals surface area contributed by atoms with Gasteiger partial charge in [-0.3, -0.25) is 9.89 Å². The van der Waals surface area contributed by atoms with Crippen LogP contribution in [0.5, 0.6) is 0 Å². The molecule has 1 aliphatic heterocycles. The molecule has 1 atom stereocenters. The number of hydrogen-bond acceptors (Lipinski definition) is 6. The molecule has 1 fully saturated rings. The number of nitrogens with zero attached hydrogens (tertiary/aromatic N) is 4. The molecule has 0 unspecified atom stereocenters. The summed E-state index contributed by atoms with van der Waals surface area (Å²) in [6.07, 6.45) is 7.03. The molecule has 0 radical (unpaired) electrons. The van der Waals surface area contributed by atoms with E-state index < -0.39 is 9.84 Å². The normalized spacial score (nSPS) is 18.6. The van der Waals surface area contributed by atoms with Gasteiger partial charge in [0.15, 0.2) is 9.84 Å². The smallest absolute Gasteiger partial charge is 0.257 e. The van der Waals surface area contributed by atoms with Crippen molar-refractivity contribution in [1.82, 2.24) is 25.1 Å². The zero-order chi connectivity index (χ0) is 17.3. The molecular weight excluding hydrogens is 330 g/mol. The van der Waals surface area contributed by atoms with Gasteiger partial charge in [0, 0.05) is 31.5 Å². The van der Waals surface area contributed by atoms with Gasteiger partial charge in [-0.1, -0.05) is 0 Å². The Morgan fingerprint density at radius 3 is 2.88 bits per heavy atom. The highest BCUT2D eigenvalue weighted by atomic mass is 32.2. The van der Waals surface area contributed by atoms with E-state index >= 15 is 0 Å². The van der Waals surface area contributed by atoms with Crippen LogP contribution in [0, 0.1) is 6.92 Å². The minimum Gasteiger partial charge on any atom is -0.338 e. The lowest BCUT2D eigenvalue weighted by atomic mass is 9.94. The van der Waals surface area contributed by atoms with E-state index in [-0.39, 0.29) is 16.7 Å². The molecule has 0 aliphatic carbocycles. The van der Waals surface area contributed by atoms with Crippen LogP contribution in [-0.2, 0) is 9.84 Å². The summed E-state index contributed by atoms with van der Waals surface area (Å²) in [7, 11) is -3.35. The number of hydrogen-bond donors (Lipinski definition) is 1. The molecule has 0 saturated carbocycles. The van der Waals surface area contributed by atoms with Crippen molar-refractivity contribution in [2.24, 2.45) is 0 Å². The van der Waals surface area contributed by atoms with Crippen molar-refractivity contribution in [3.05, 3.63) is 35.7 Å². The molecule has 1 saturated heterocycles. The van der Waals surface area contributed by atoms with E-state index in [1.807, 2.05) is 0 Å². The number of sulfone groups is 1. The van der Waals surface area contributed by atoms with Gasteiger partial charge in [0.05, 0.1) is 23.1 Å². The number of amides is 1. The lowest BCUT2D eigenvalue weighted by Crippen LogP contribution is -2.39. The highest BCUT2D eigenvalue weighted by Gasteiger charge is 2.30. The number of aryl methyl sites for hydroxylation is 1. The van der Waals surface area contributed by atoms with Gasteiger partial charge < -0.3 is 4.90 Å². The average molecular weight is 349 g/mol. The van der Waals surface area contributed by atoms with Gasteiger partial charge in [-0.2, -0.15) is 5.10 Å². The summed E-state index contributed by atoms with van der Waals surface area (Å²) in [4.78, 5) is 22.6. The molecule has 2 aromatic rings. The van der Waals surface area contributed by atoms with Crippen molar-refractivity contribution in [3.63, 3.8) is 0 Å². The molecule has 24 heavy (non-hydrogen) atoms. The second kappa shape index (κ2) is 6.31. The quantitative estimate of drug-likeness (QED) is 0.883. The summed E-state index contributed by atoms with van der Waals surface area (Å²) in [5.74, 6) is -0.210. The highest BCUT2D eigenvalue weighted by Crippen LogP contribution is 2.30. The maximum absolute atomic E-state index is 12.7. The second-order valence-corrected chi connectivity index (χ2v) is 8.02. The first kappa shape index (κ1) is 16.6. The number of nitrogens with one attached hydrogen (secondary N) is 1. The molecule has 0 aromatic carbocycles. The molecule has 0 bridgehead atoms. The van der Waals surface area contributed by atoms with Gasteiger partial charge in [-0.25, -0.2) is 18.4 Å². The first-order valence-corrected chi connectivity index (χ1v) is 9.56. The summed E-state index contributed by atoms with van der Waals surface area (Å²) < 4.78 is 23.8. The lowest BCUT2D eigenvalue weighted by Gasteiger charge is -2.32. The van der Waals surface area contributed by atoms with E-state index in [1.54, 1.807) is 11.8 Å². The fraction of sp³-hybridized carbons (Fsp3) is 0.467. The van der Waals surface area contributed by atoms with Gasteiger partial charge in [0.1, 0.15) is 11.2 Å². The van der Waals surface area contributed by atoms with Gasteiger partial charge in [-0.05, 0) is 19.8 Å². The Morgan fingerprint density at radius 1 is 1.38 bits per heavy atom. The van der Waals surface area contributed by atoms with E-state index in [2.05, 4.69) is 20.2 Å². The summed E-state index contributed by atoms with van der Waals surface area (Å²) in [5.41, 5.74) is 1.69. The van der Waals surface area contributed by atoms with Crippen LogP contribution in [0.15, 0.2) is 23.6 Å². The monoisotopic (exact) mass is 349 g/mol. The van der Waals surface area contributed by atoms with Crippen LogP contribution in [0.3, 0.4) is 0 Å². The second-order valence-electron chi connectivity index (χ2n) is 6.03. The SMILES string of the molecule is Cc1ncncc1C(=O)N1CCC[C@@H](c2[nH]ncc2S(C)(=O)=O)C1. The van der Waals surface area contributed by atoms with Crippen molar-refractivity contribution >= 4 is 15.7 Å². The molecule has 3 rings (SSSR count). The fourth-order valence-corrected chi connectivity index (χ4v) is 3.90. The third-order valence-corrected chi connectivity index (χ3v) is 5.41. The van der Waals surface area contributed by atoms with Crippen molar-refractivity contribution in [2.75, 3.05) is 19.3 Å². The molecule has 1 N–H and O–H groups in total. The van der Waals surface area contributed by atoms with Gasteiger partial charge in [0.2, 0.25) is 0 Å². The maximum Gasteiger partial charge on any atom is 0.257 e. The predicted octanol–water partition coefficient (Wildman–Crippen LogP) is 0.931. The number of likely N-dealkylation sites (tertiary alicyclic amines) is 1. The average Bonchev–Trinajstić information content (AvgIpc) is 3.05. The fourth-order valence-electron chi connectivity index (χ4n) is 3.04. The first-order valence-electron chi connectivity index (χ1n) is 7.67. The van der Waals surface area contributed by atoms with E-state index in [4.69, 9.17) is 0 Å². The van der Waals surface area contributed by atoms with Crippen molar-refractivity contribution in [3.8, 4) is 0 Å². The molecular formula is C15H19N5O3S. The van der Waals surface area contributed by atoms with Crippen LogP contribution >= 0.6 is 0 Å². The minimum absolute atomic E-state index is 0.0835. The summed E-state index contributed by atoms with van der Waals surface area (Å²) >= 11 is 0. The Morgan fingerprint density at radius 2 is 2.17 bits per heavy atom. The van der Waals surface area contributed by atoms with E-state index in [0.29, 0.717) is 30.0 Å². The Kier molecular flexibility index (Phi) is 4.35. The number of piperidine rings is 1. The summed E-state index contributed by atoms with van der Waals surface area (Å²) in [5, 5.41) is 6.68. The Bertz CT molecular complexity index is 861. The van der Waals surface area contributed by atoms with Crippen molar-refractivity contribution in [2.45, 2.75) is 30.6 Å². The first-order chi connectivity index (χ1) is 11.4. The topological polar surface area (TPSA) is 109 Å². The molecule has 1 amide bonds. The third-order valence-electron chi connectivity index (χ3n) is 4.29. The van der Waals surface area contributed by atoms with E-state index in [1.165, 1.54) is 18.7 Å². The largest absolute Gasteiger partial charge is 0.338 e. The van der Waals surface area contributed by atoms with Gasteiger partial charge in [0.25, 0.3) is 5.91 Å². The third kappa shape index (κ3) is 3.16. The molecule has 2 aromatic heterocycles. The molecule has 1 aliphatic rings. The van der Waals surface area contributed by atoms with Crippen LogP contribution in [0.2, 0.25) is 0 Å². The van der Waals surface area contributed by atoms with Crippen LogP contribution < -0.4 is 0 Å². The maximum atomic E-state index is 12.7. The zero-order valence-electron chi connectivity index (χ0n) is 13.6. The molecule has 0 spiro atoms. The zero-order valence-corrected chi connectivity index (χ0v) is 14.4. The van der Waals surface area contributed by atoms with Gasteiger partial charge >= 0.3 is 0 Å². The molecule has 9 heteroatoms. The molecule has 128 valence electrons. The summed E-state index contributed by atoms with van der Waals surface area (Å²) in [6.45, 7) is 2.84. The molecule has 8 nitrogen and oxygen atoms in total. The number of carbonyl (C=O) groups excluding carboxylic acids is 1. The lowest BCUT2D eigenvalue weighted by molar-refractivity contribution is 0.0703. The van der Waals surface area contributed by atoms with Crippen molar-refractivity contribution in [1.29, 1.82) is 0 Å². The van der Waals surface area contributed by atoms with Gasteiger partial charge in [-0.15, -0.1) is 0 Å². The highest BCUT2D eigenvalue weighted by molar-refractivity contribution is 7.90. The van der Waals surface area contributed by atoms with Crippen molar-refractivity contribution < 1.29 is 13.2 Å². The number of carbonyl (C=O) groups is 1. The number of aromatic nitrogens is 4. The van der Waals surface area contributed by atoms with Crippen LogP contribution in [-0.4, -0.2) is 58.7 Å². The standard InChI is InChI=1S/C15H19N5O3S/c1-10-12(6-16-9-17-10)15(21)20-5-3-4-11(8-20)14-13(7-18-19-14)24(2,22)23/h6-7,9,11H,3-5,8H2,1-2H3,(H,18,19)/t11-/m1/s1. The number of H-pyrrole nitrogens is 1. The van der Waals surface area contributed by atoms with Crippen LogP contribution in [0.4, 0.5) is 0 Å². The summed E-state index contributed by atoms with van der Waals surface area (Å²) in [6, 6.07) is 0. The van der Waals surface area contributed by atoms with E-state index in [9.17, 15) is 13.2 Å².